The highest BCUT2D eigenvalue weighted by Gasteiger charge is 2.26. The number of carbonyl (C=O) groups is 1. The Morgan fingerprint density at radius 2 is 1.52 bits per heavy atom. The van der Waals surface area contributed by atoms with Gasteiger partial charge in [-0.15, -0.1) is 0 Å². The lowest BCUT2D eigenvalue weighted by Crippen LogP contribution is -2.34. The third kappa shape index (κ3) is 4.12. The van der Waals surface area contributed by atoms with Crippen LogP contribution in [-0.4, -0.2) is 33.3 Å². The molecule has 1 aliphatic heterocycles. The number of rotatable bonds is 6. The number of amides is 1. The molecular weight excluding hydrogens is 318 g/mol. The van der Waals surface area contributed by atoms with Crippen LogP contribution in [0.25, 0.3) is 0 Å². The minimum atomic E-state index is -0.232. The van der Waals surface area contributed by atoms with Crippen molar-refractivity contribution in [1.82, 2.24) is 5.32 Å². The largest absolute Gasteiger partial charge is 0.497 e. The summed E-state index contributed by atoms with van der Waals surface area (Å²) in [5.74, 6) is 1.51. The Labute approximate surface area is 147 Å². The average Bonchev–Trinajstić information content (AvgIpc) is 3.21. The van der Waals surface area contributed by atoms with Gasteiger partial charge in [0.1, 0.15) is 11.5 Å². The van der Waals surface area contributed by atoms with E-state index in [9.17, 15) is 4.79 Å². The van der Waals surface area contributed by atoms with Crippen LogP contribution in [0.4, 0.5) is 0 Å². The van der Waals surface area contributed by atoms with Crippen LogP contribution in [0.5, 0.6) is 11.5 Å². The van der Waals surface area contributed by atoms with Gasteiger partial charge in [-0.25, -0.2) is 0 Å². The molecule has 0 aliphatic carbocycles. The van der Waals surface area contributed by atoms with Crippen molar-refractivity contribution in [2.24, 2.45) is 5.92 Å². The van der Waals surface area contributed by atoms with E-state index in [4.69, 9.17) is 14.2 Å². The minimum Gasteiger partial charge on any atom is -0.497 e. The smallest absolute Gasteiger partial charge is 0.226 e. The van der Waals surface area contributed by atoms with Crippen molar-refractivity contribution >= 4 is 5.91 Å². The lowest BCUT2D eigenvalue weighted by atomic mass is 9.97. The van der Waals surface area contributed by atoms with E-state index in [2.05, 4.69) is 5.32 Å². The Hall–Kier alpha value is -2.53. The van der Waals surface area contributed by atoms with Gasteiger partial charge in [-0.3, -0.25) is 4.79 Å². The highest BCUT2D eigenvalue weighted by Crippen LogP contribution is 2.27. The van der Waals surface area contributed by atoms with Crippen LogP contribution in [0, 0.1) is 5.92 Å². The number of benzene rings is 2. The SMILES string of the molecule is COc1ccc(C(NC(=O)C2CCOC2)c2ccc(OC)cc2)cc1. The first-order valence-electron chi connectivity index (χ1n) is 8.37. The molecule has 5 heteroatoms. The molecule has 1 heterocycles. The summed E-state index contributed by atoms with van der Waals surface area (Å²) in [6, 6.07) is 15.3. The van der Waals surface area contributed by atoms with Crippen molar-refractivity contribution in [2.75, 3.05) is 27.4 Å². The number of hydrogen-bond acceptors (Lipinski definition) is 4. The first kappa shape index (κ1) is 17.3. The van der Waals surface area contributed by atoms with Crippen molar-refractivity contribution in [3.63, 3.8) is 0 Å². The van der Waals surface area contributed by atoms with Crippen LogP contribution in [-0.2, 0) is 9.53 Å². The molecule has 1 saturated heterocycles. The molecule has 25 heavy (non-hydrogen) atoms. The summed E-state index contributed by atoms with van der Waals surface area (Å²) in [7, 11) is 3.27. The molecule has 0 bridgehead atoms. The van der Waals surface area contributed by atoms with Crippen molar-refractivity contribution in [1.29, 1.82) is 0 Å². The predicted molar refractivity (Wildman–Crippen MR) is 94.9 cm³/mol. The topological polar surface area (TPSA) is 56.8 Å². The Morgan fingerprint density at radius 3 is 1.92 bits per heavy atom. The maximum Gasteiger partial charge on any atom is 0.226 e. The van der Waals surface area contributed by atoms with Crippen LogP contribution in [0.3, 0.4) is 0 Å². The van der Waals surface area contributed by atoms with Gasteiger partial charge in [-0.05, 0) is 41.8 Å². The summed E-state index contributed by atoms with van der Waals surface area (Å²) in [4.78, 5) is 12.6. The van der Waals surface area contributed by atoms with Crippen molar-refractivity contribution < 1.29 is 19.0 Å². The number of methoxy groups -OCH3 is 2. The maximum atomic E-state index is 12.6. The van der Waals surface area contributed by atoms with Gasteiger partial charge in [-0.1, -0.05) is 24.3 Å². The summed E-state index contributed by atoms with van der Waals surface area (Å²) in [6.07, 6.45) is 0.768. The van der Waals surface area contributed by atoms with Crippen LogP contribution in [0.1, 0.15) is 23.6 Å². The summed E-state index contributed by atoms with van der Waals surface area (Å²) in [6.45, 7) is 1.14. The van der Waals surface area contributed by atoms with Crippen molar-refractivity contribution in [2.45, 2.75) is 12.5 Å². The van der Waals surface area contributed by atoms with E-state index in [0.29, 0.717) is 13.2 Å². The van der Waals surface area contributed by atoms with Crippen LogP contribution >= 0.6 is 0 Å². The Kier molecular flexibility index (Phi) is 5.56. The Balaban J connectivity index is 1.87. The zero-order valence-corrected chi connectivity index (χ0v) is 14.5. The first-order chi connectivity index (χ1) is 12.2. The van der Waals surface area contributed by atoms with Gasteiger partial charge >= 0.3 is 0 Å². The van der Waals surface area contributed by atoms with Gasteiger partial charge in [0.15, 0.2) is 0 Å². The standard InChI is InChI=1S/C20H23NO4/c1-23-17-7-3-14(4-8-17)19(15-5-9-18(24-2)10-6-15)21-20(22)16-11-12-25-13-16/h3-10,16,19H,11-13H2,1-2H3,(H,21,22). The lowest BCUT2D eigenvalue weighted by Gasteiger charge is -2.22. The molecule has 2 aromatic rings. The monoisotopic (exact) mass is 341 g/mol. The highest BCUT2D eigenvalue weighted by molar-refractivity contribution is 5.80. The molecule has 0 aromatic heterocycles. The zero-order chi connectivity index (χ0) is 17.6. The van der Waals surface area contributed by atoms with E-state index in [1.807, 2.05) is 48.5 Å². The minimum absolute atomic E-state index is 0.0223. The zero-order valence-electron chi connectivity index (χ0n) is 14.5. The quantitative estimate of drug-likeness (QED) is 0.878. The molecule has 3 rings (SSSR count). The van der Waals surface area contributed by atoms with Crippen LogP contribution in [0.15, 0.2) is 48.5 Å². The Morgan fingerprint density at radius 1 is 1.00 bits per heavy atom. The number of ether oxygens (including phenoxy) is 3. The fraction of sp³-hybridized carbons (Fsp3) is 0.350. The summed E-state index contributed by atoms with van der Waals surface area (Å²) < 4.78 is 15.8. The fourth-order valence-electron chi connectivity index (χ4n) is 2.95. The fourth-order valence-corrected chi connectivity index (χ4v) is 2.95. The van der Waals surface area contributed by atoms with E-state index in [1.165, 1.54) is 0 Å². The molecule has 0 radical (unpaired) electrons. The van der Waals surface area contributed by atoms with Crippen LogP contribution in [0.2, 0.25) is 0 Å². The molecule has 1 unspecified atom stereocenters. The molecule has 1 amide bonds. The van der Waals surface area contributed by atoms with Gasteiger partial charge in [0.05, 0.1) is 32.8 Å². The molecule has 1 fully saturated rings. The Bertz CT molecular complexity index is 643. The van der Waals surface area contributed by atoms with Gasteiger partial charge < -0.3 is 19.5 Å². The molecular formula is C20H23NO4. The van der Waals surface area contributed by atoms with E-state index in [1.54, 1.807) is 14.2 Å². The van der Waals surface area contributed by atoms with E-state index >= 15 is 0 Å². The summed E-state index contributed by atoms with van der Waals surface area (Å²) in [5, 5.41) is 3.17. The normalized spacial score (nSPS) is 16.7. The van der Waals surface area contributed by atoms with E-state index in [0.717, 1.165) is 29.0 Å². The molecule has 0 spiro atoms. The second-order valence-corrected chi connectivity index (χ2v) is 6.05. The van der Waals surface area contributed by atoms with Gasteiger partial charge in [0, 0.05) is 6.61 Å². The second-order valence-electron chi connectivity index (χ2n) is 6.05. The van der Waals surface area contributed by atoms with E-state index in [-0.39, 0.29) is 17.9 Å². The number of nitrogens with one attached hydrogen (secondary N) is 1. The average molecular weight is 341 g/mol. The number of carbonyl (C=O) groups excluding carboxylic acids is 1. The van der Waals surface area contributed by atoms with Gasteiger partial charge in [0.2, 0.25) is 5.91 Å². The van der Waals surface area contributed by atoms with Crippen molar-refractivity contribution in [3.05, 3.63) is 59.7 Å². The third-order valence-corrected chi connectivity index (χ3v) is 4.49. The molecule has 0 saturated carbocycles. The molecule has 132 valence electrons. The summed E-state index contributed by atoms with van der Waals surface area (Å²) in [5.41, 5.74) is 2.00. The van der Waals surface area contributed by atoms with Gasteiger partial charge in [-0.2, -0.15) is 0 Å². The van der Waals surface area contributed by atoms with Crippen LogP contribution < -0.4 is 14.8 Å². The second kappa shape index (κ2) is 8.03. The lowest BCUT2D eigenvalue weighted by molar-refractivity contribution is -0.125. The summed E-state index contributed by atoms with van der Waals surface area (Å²) >= 11 is 0. The van der Waals surface area contributed by atoms with E-state index < -0.39 is 0 Å². The molecule has 1 atom stereocenters. The molecule has 1 aliphatic rings. The van der Waals surface area contributed by atoms with Crippen molar-refractivity contribution in [3.8, 4) is 11.5 Å². The highest BCUT2D eigenvalue weighted by atomic mass is 16.5. The molecule has 5 nitrogen and oxygen atoms in total. The maximum absolute atomic E-state index is 12.6. The molecule has 1 N–H and O–H groups in total. The third-order valence-electron chi connectivity index (χ3n) is 4.49. The molecule has 2 aromatic carbocycles. The predicted octanol–water partition coefficient (Wildman–Crippen LogP) is 2.95. The number of hydrogen-bond donors (Lipinski definition) is 1. The first-order valence-corrected chi connectivity index (χ1v) is 8.37. The van der Waals surface area contributed by atoms with Gasteiger partial charge in [0.25, 0.3) is 0 Å².